The highest BCUT2D eigenvalue weighted by Gasteiger charge is 2.19. The highest BCUT2D eigenvalue weighted by molar-refractivity contribution is 7.92. The minimum Gasteiger partial charge on any atom is -0.468 e. The van der Waals surface area contributed by atoms with Gasteiger partial charge in [-0.2, -0.15) is 8.42 Å². The molecule has 0 spiro atoms. The minimum atomic E-state index is -4.04. The molecule has 1 aromatic carbocycles. The summed E-state index contributed by atoms with van der Waals surface area (Å²) in [4.78, 5) is 11.6. The van der Waals surface area contributed by atoms with Gasteiger partial charge in [-0.3, -0.25) is 4.79 Å². The first-order valence-electron chi connectivity index (χ1n) is 6.73. The maximum absolute atomic E-state index is 14.2. The zero-order valence-electron chi connectivity index (χ0n) is 12.6. The first-order valence-corrected chi connectivity index (χ1v) is 10.2. The lowest BCUT2D eigenvalue weighted by molar-refractivity contribution is -0.141. The number of sulfonamides is 1. The van der Waals surface area contributed by atoms with Crippen molar-refractivity contribution in [2.75, 3.05) is 7.11 Å². The van der Waals surface area contributed by atoms with Crippen LogP contribution in [-0.4, -0.2) is 26.1 Å². The summed E-state index contributed by atoms with van der Waals surface area (Å²) in [5.74, 6) is -1.24. The molecule has 0 aliphatic heterocycles. The topological polar surface area (TPSA) is 77.7 Å². The van der Waals surface area contributed by atoms with E-state index in [1.807, 2.05) is 0 Å². The number of thiophene rings is 1. The Bertz CT molecular complexity index is 1130. The summed E-state index contributed by atoms with van der Waals surface area (Å²) in [5.41, 5.74) is 0.0936. The molecular formula is C14H10ClFN2O4S3. The molecule has 0 fully saturated rings. The van der Waals surface area contributed by atoms with E-state index in [2.05, 4.69) is 9.13 Å². The van der Waals surface area contributed by atoms with Crippen LogP contribution >= 0.6 is 34.3 Å². The van der Waals surface area contributed by atoms with Gasteiger partial charge in [0.15, 0.2) is 0 Å². The smallest absolute Gasteiger partial charge is 0.325 e. The van der Waals surface area contributed by atoms with Crippen LogP contribution in [0, 0.1) is 5.82 Å². The fraction of sp³-hybridized carbons (Fsp3) is 0.143. The molecular weight excluding hydrogens is 411 g/mol. The second-order valence-electron chi connectivity index (χ2n) is 4.76. The van der Waals surface area contributed by atoms with Gasteiger partial charge in [-0.05, 0) is 24.3 Å². The van der Waals surface area contributed by atoms with Crippen LogP contribution in [0.1, 0.15) is 0 Å². The summed E-state index contributed by atoms with van der Waals surface area (Å²) in [7, 11) is -2.85. The van der Waals surface area contributed by atoms with Crippen molar-refractivity contribution in [3.05, 3.63) is 45.3 Å². The van der Waals surface area contributed by atoms with Crippen LogP contribution in [0.25, 0.3) is 10.2 Å². The Morgan fingerprint density at radius 2 is 2.08 bits per heavy atom. The molecule has 0 unspecified atom stereocenters. The molecule has 25 heavy (non-hydrogen) atoms. The summed E-state index contributed by atoms with van der Waals surface area (Å²) in [6.45, 7) is -0.364. The van der Waals surface area contributed by atoms with E-state index in [1.54, 1.807) is 6.07 Å². The van der Waals surface area contributed by atoms with Crippen LogP contribution in [0.4, 0.5) is 4.39 Å². The van der Waals surface area contributed by atoms with Gasteiger partial charge in [0.25, 0.3) is 10.0 Å². The number of esters is 1. The summed E-state index contributed by atoms with van der Waals surface area (Å²) in [6.07, 6.45) is 0. The zero-order chi connectivity index (χ0) is 18.2. The summed E-state index contributed by atoms with van der Waals surface area (Å²) in [5, 5.41) is 0. The maximum atomic E-state index is 14.2. The fourth-order valence-corrected chi connectivity index (χ4v) is 5.79. The lowest BCUT2D eigenvalue weighted by atomic mass is 10.3. The molecule has 3 rings (SSSR count). The van der Waals surface area contributed by atoms with Crippen molar-refractivity contribution < 1.29 is 22.3 Å². The molecule has 2 heterocycles. The second kappa shape index (κ2) is 6.87. The quantitative estimate of drug-likeness (QED) is 0.608. The normalized spacial score (nSPS) is 12.7. The fourth-order valence-electron chi connectivity index (χ4n) is 2.08. The molecule has 0 saturated carbocycles. The van der Waals surface area contributed by atoms with E-state index in [0.717, 1.165) is 22.7 Å². The Morgan fingerprint density at radius 1 is 1.32 bits per heavy atom. The molecule has 0 bridgehead atoms. The molecule has 2 aromatic heterocycles. The van der Waals surface area contributed by atoms with Gasteiger partial charge >= 0.3 is 5.97 Å². The van der Waals surface area contributed by atoms with E-state index >= 15 is 0 Å². The van der Waals surface area contributed by atoms with E-state index in [0.29, 0.717) is 9.04 Å². The minimum absolute atomic E-state index is 0.0324. The first kappa shape index (κ1) is 18.1. The van der Waals surface area contributed by atoms with E-state index in [9.17, 15) is 17.6 Å². The third-order valence-corrected chi connectivity index (χ3v) is 7.29. The molecule has 6 nitrogen and oxygen atoms in total. The Balaban J connectivity index is 2.26. The number of carbonyl (C=O) groups excluding carboxylic acids is 1. The third-order valence-electron chi connectivity index (χ3n) is 3.17. The van der Waals surface area contributed by atoms with E-state index in [4.69, 9.17) is 11.6 Å². The maximum Gasteiger partial charge on any atom is 0.325 e. The molecule has 11 heteroatoms. The van der Waals surface area contributed by atoms with Crippen LogP contribution < -0.4 is 4.80 Å². The number of para-hydroxylation sites is 1. The number of fused-ring (bicyclic) bond motifs is 1. The van der Waals surface area contributed by atoms with Gasteiger partial charge in [0.05, 0.1) is 21.7 Å². The van der Waals surface area contributed by atoms with Gasteiger partial charge < -0.3 is 9.30 Å². The number of nitrogens with zero attached hydrogens (tertiary/aromatic N) is 2. The van der Waals surface area contributed by atoms with Gasteiger partial charge in [0.2, 0.25) is 4.80 Å². The van der Waals surface area contributed by atoms with Crippen molar-refractivity contribution in [1.29, 1.82) is 0 Å². The van der Waals surface area contributed by atoms with Gasteiger partial charge in [-0.1, -0.05) is 29.0 Å². The average molecular weight is 421 g/mol. The number of thiazole rings is 1. The highest BCUT2D eigenvalue weighted by atomic mass is 35.5. The summed E-state index contributed by atoms with van der Waals surface area (Å²) >= 11 is 7.59. The molecule has 132 valence electrons. The van der Waals surface area contributed by atoms with Crippen LogP contribution in [0.3, 0.4) is 0 Å². The number of methoxy groups -OCH3 is 1. The van der Waals surface area contributed by atoms with E-state index in [1.165, 1.54) is 35.9 Å². The van der Waals surface area contributed by atoms with Crippen molar-refractivity contribution in [1.82, 2.24) is 4.57 Å². The van der Waals surface area contributed by atoms with Crippen LogP contribution in [0.2, 0.25) is 4.34 Å². The monoisotopic (exact) mass is 420 g/mol. The average Bonchev–Trinajstić information content (AvgIpc) is 3.13. The van der Waals surface area contributed by atoms with Crippen molar-refractivity contribution in [2.45, 2.75) is 10.8 Å². The van der Waals surface area contributed by atoms with Crippen LogP contribution in [0.5, 0.6) is 0 Å². The van der Waals surface area contributed by atoms with Gasteiger partial charge in [0, 0.05) is 0 Å². The van der Waals surface area contributed by atoms with Gasteiger partial charge in [0.1, 0.15) is 16.6 Å². The van der Waals surface area contributed by atoms with Crippen LogP contribution in [0.15, 0.2) is 38.9 Å². The molecule has 0 amide bonds. The second-order valence-corrected chi connectivity index (χ2v) is 9.31. The molecule has 0 aliphatic rings. The number of benzene rings is 1. The SMILES string of the molecule is COC(=O)Cn1c(=NS(=O)(=O)c2ccc(Cl)s2)sc2cccc(F)c21. The summed E-state index contributed by atoms with van der Waals surface area (Å²) < 4.78 is 49.4. The van der Waals surface area contributed by atoms with Gasteiger partial charge in [-0.15, -0.1) is 15.7 Å². The number of hydrogen-bond acceptors (Lipinski definition) is 6. The number of hydrogen-bond donors (Lipinski definition) is 0. The predicted molar refractivity (Wildman–Crippen MR) is 93.9 cm³/mol. The van der Waals surface area contributed by atoms with Crippen molar-refractivity contribution >= 4 is 60.5 Å². The number of ether oxygens (including phenoxy) is 1. The lowest BCUT2D eigenvalue weighted by Crippen LogP contribution is -2.22. The molecule has 3 aromatic rings. The molecule has 0 N–H and O–H groups in total. The standard InChI is InChI=1S/C14H10ClFN2O4S3/c1-22-11(19)7-18-13-8(16)3-2-4-9(13)23-14(18)17-25(20,21)12-6-5-10(15)24-12/h2-6H,7H2,1H3. The number of rotatable bonds is 4. The summed E-state index contributed by atoms with van der Waals surface area (Å²) in [6, 6.07) is 7.12. The van der Waals surface area contributed by atoms with Crippen LogP contribution in [-0.2, 0) is 26.1 Å². The lowest BCUT2D eigenvalue weighted by Gasteiger charge is -2.04. The van der Waals surface area contributed by atoms with E-state index in [-0.39, 0.29) is 21.1 Å². The number of aromatic nitrogens is 1. The molecule has 0 atom stereocenters. The third kappa shape index (κ3) is 3.61. The van der Waals surface area contributed by atoms with E-state index < -0.39 is 21.8 Å². The van der Waals surface area contributed by atoms with Crippen molar-refractivity contribution in [3.8, 4) is 0 Å². The Hall–Kier alpha value is -1.75. The number of halogens is 2. The van der Waals surface area contributed by atoms with Gasteiger partial charge in [-0.25, -0.2) is 4.39 Å². The molecule has 0 saturated heterocycles. The zero-order valence-corrected chi connectivity index (χ0v) is 15.8. The Labute approximate surface area is 154 Å². The van der Waals surface area contributed by atoms with Crippen molar-refractivity contribution in [3.63, 3.8) is 0 Å². The highest BCUT2D eigenvalue weighted by Crippen LogP contribution is 2.27. The first-order chi connectivity index (χ1) is 11.8. The van der Waals surface area contributed by atoms with Crippen molar-refractivity contribution in [2.24, 2.45) is 4.40 Å². The largest absolute Gasteiger partial charge is 0.468 e. The Kier molecular flexibility index (Phi) is 4.96. The number of carbonyl (C=O) groups is 1. The molecule has 0 aliphatic carbocycles. The Morgan fingerprint density at radius 3 is 2.72 bits per heavy atom. The predicted octanol–water partition coefficient (Wildman–Crippen LogP) is 3.02. The molecule has 0 radical (unpaired) electrons.